The van der Waals surface area contributed by atoms with Crippen LogP contribution in [0.25, 0.3) is 22.2 Å². The number of aromatic nitrogens is 1. The Morgan fingerprint density at radius 1 is 1.04 bits per heavy atom. The van der Waals surface area contributed by atoms with Gasteiger partial charge in [0.2, 0.25) is 0 Å². The Balaban J connectivity index is 1.69. The van der Waals surface area contributed by atoms with E-state index in [0.717, 1.165) is 30.8 Å². The Hall–Kier alpha value is -2.83. The normalized spacial score (nSPS) is 11.1. The van der Waals surface area contributed by atoms with E-state index in [1.165, 1.54) is 0 Å². The molecule has 0 bridgehead atoms. The first kappa shape index (κ1) is 17.6. The van der Waals surface area contributed by atoms with Crippen LogP contribution in [-0.2, 0) is 0 Å². The van der Waals surface area contributed by atoms with Crippen LogP contribution < -0.4 is 5.43 Å². The molecule has 0 saturated heterocycles. The molecule has 1 amide bonds. The van der Waals surface area contributed by atoms with Gasteiger partial charge in [-0.05, 0) is 40.2 Å². The van der Waals surface area contributed by atoms with E-state index >= 15 is 0 Å². The lowest BCUT2D eigenvalue weighted by molar-refractivity contribution is 0.0957. The maximum Gasteiger partial charge on any atom is 0.272 e. The molecule has 2 aromatic heterocycles. The highest BCUT2D eigenvalue weighted by atomic mass is 79.9. The number of benzene rings is 2. The molecule has 0 unspecified atom stereocenters. The zero-order chi connectivity index (χ0) is 18.6. The Morgan fingerprint density at radius 3 is 2.59 bits per heavy atom. The van der Waals surface area contributed by atoms with E-state index in [2.05, 4.69) is 26.5 Å². The molecule has 0 radical (unpaired) electrons. The standard InChI is InChI=1S/C21H14BrN3OS/c22-20-11-10-15(27-20)13-23-25-21(26)17-12-19(14-6-2-1-3-7-14)24-18-9-5-4-8-16(17)18/h1-13H,(H,25,26)/b23-13+. The largest absolute Gasteiger partial charge is 0.272 e. The Bertz CT molecular complexity index is 1140. The number of fused-ring (bicyclic) bond motifs is 1. The van der Waals surface area contributed by atoms with Crippen LogP contribution in [0.4, 0.5) is 0 Å². The predicted molar refractivity (Wildman–Crippen MR) is 114 cm³/mol. The molecule has 2 heterocycles. The lowest BCUT2D eigenvalue weighted by Gasteiger charge is -2.09. The van der Waals surface area contributed by atoms with Crippen LogP contribution in [0.5, 0.6) is 0 Å². The molecule has 2 aromatic carbocycles. The van der Waals surface area contributed by atoms with E-state index < -0.39 is 0 Å². The molecule has 0 aliphatic heterocycles. The minimum absolute atomic E-state index is 0.266. The fraction of sp³-hybridized carbons (Fsp3) is 0. The SMILES string of the molecule is O=C(N/N=C/c1ccc(Br)s1)c1cc(-c2ccccc2)nc2ccccc12. The molecule has 4 nitrogen and oxygen atoms in total. The summed E-state index contributed by atoms with van der Waals surface area (Å²) in [6.45, 7) is 0. The van der Waals surface area contributed by atoms with Crippen molar-refractivity contribution in [1.82, 2.24) is 10.4 Å². The number of amides is 1. The Kier molecular flexibility index (Phi) is 5.09. The molecule has 27 heavy (non-hydrogen) atoms. The van der Waals surface area contributed by atoms with Gasteiger partial charge in [0, 0.05) is 15.8 Å². The highest BCUT2D eigenvalue weighted by Crippen LogP contribution is 2.25. The second-order valence-corrected chi connectivity index (χ2v) is 8.27. The van der Waals surface area contributed by atoms with Gasteiger partial charge >= 0.3 is 0 Å². The summed E-state index contributed by atoms with van der Waals surface area (Å²) >= 11 is 4.95. The molecule has 0 saturated carbocycles. The molecule has 6 heteroatoms. The van der Waals surface area contributed by atoms with Crippen molar-refractivity contribution in [3.05, 3.63) is 87.0 Å². The summed E-state index contributed by atoms with van der Waals surface area (Å²) in [5.74, 6) is -0.266. The van der Waals surface area contributed by atoms with Crippen molar-refractivity contribution in [1.29, 1.82) is 0 Å². The van der Waals surface area contributed by atoms with E-state index in [1.54, 1.807) is 17.6 Å². The average Bonchev–Trinajstić information content (AvgIpc) is 3.12. The number of carbonyl (C=O) groups is 1. The summed E-state index contributed by atoms with van der Waals surface area (Å²) in [6, 6.07) is 23.1. The van der Waals surface area contributed by atoms with E-state index in [1.807, 2.05) is 72.8 Å². The van der Waals surface area contributed by atoms with Crippen molar-refractivity contribution in [2.24, 2.45) is 5.10 Å². The number of nitrogens with zero attached hydrogens (tertiary/aromatic N) is 2. The number of para-hydroxylation sites is 1. The molecular weight excluding hydrogens is 422 g/mol. The molecule has 0 fully saturated rings. The number of hydrogen-bond donors (Lipinski definition) is 1. The average molecular weight is 436 g/mol. The molecule has 132 valence electrons. The molecule has 1 N–H and O–H groups in total. The van der Waals surface area contributed by atoms with E-state index in [4.69, 9.17) is 4.98 Å². The van der Waals surface area contributed by atoms with Crippen LogP contribution in [0.1, 0.15) is 15.2 Å². The molecule has 0 atom stereocenters. The Labute approximate surface area is 168 Å². The van der Waals surface area contributed by atoms with E-state index in [0.29, 0.717) is 5.56 Å². The topological polar surface area (TPSA) is 54.4 Å². The fourth-order valence-electron chi connectivity index (χ4n) is 2.73. The first-order valence-electron chi connectivity index (χ1n) is 8.25. The number of hydrogen-bond acceptors (Lipinski definition) is 4. The van der Waals surface area contributed by atoms with Crippen LogP contribution in [0.15, 0.2) is 81.7 Å². The summed E-state index contributed by atoms with van der Waals surface area (Å²) in [5, 5.41) is 4.88. The molecule has 4 rings (SSSR count). The quantitative estimate of drug-likeness (QED) is 0.340. The molecule has 0 aliphatic rings. The number of nitrogens with one attached hydrogen (secondary N) is 1. The monoisotopic (exact) mass is 435 g/mol. The number of pyridine rings is 1. The van der Waals surface area contributed by atoms with Gasteiger partial charge in [-0.2, -0.15) is 5.10 Å². The zero-order valence-electron chi connectivity index (χ0n) is 14.1. The maximum absolute atomic E-state index is 12.8. The van der Waals surface area contributed by atoms with Crippen LogP contribution >= 0.6 is 27.3 Å². The van der Waals surface area contributed by atoms with Crippen molar-refractivity contribution < 1.29 is 4.79 Å². The minimum Gasteiger partial charge on any atom is -0.267 e. The highest BCUT2D eigenvalue weighted by molar-refractivity contribution is 9.11. The minimum atomic E-state index is -0.266. The fourth-order valence-corrected chi connectivity index (χ4v) is 4.03. The number of hydrazone groups is 1. The lowest BCUT2D eigenvalue weighted by Crippen LogP contribution is -2.18. The number of rotatable bonds is 4. The second kappa shape index (κ2) is 7.82. The van der Waals surface area contributed by atoms with Gasteiger partial charge in [0.05, 0.1) is 26.8 Å². The van der Waals surface area contributed by atoms with Crippen molar-refractivity contribution in [2.75, 3.05) is 0 Å². The number of halogens is 1. The number of thiophene rings is 1. The third-order valence-corrected chi connectivity index (χ3v) is 5.54. The van der Waals surface area contributed by atoms with Gasteiger partial charge in [0.15, 0.2) is 0 Å². The summed E-state index contributed by atoms with van der Waals surface area (Å²) in [5.41, 5.74) is 5.66. The van der Waals surface area contributed by atoms with Gasteiger partial charge in [0.25, 0.3) is 5.91 Å². The van der Waals surface area contributed by atoms with Crippen LogP contribution in [0.3, 0.4) is 0 Å². The highest BCUT2D eigenvalue weighted by Gasteiger charge is 2.13. The van der Waals surface area contributed by atoms with Crippen LogP contribution in [0.2, 0.25) is 0 Å². The zero-order valence-corrected chi connectivity index (χ0v) is 16.5. The number of carbonyl (C=O) groups excluding carboxylic acids is 1. The van der Waals surface area contributed by atoms with Gasteiger partial charge in [-0.25, -0.2) is 10.4 Å². The summed E-state index contributed by atoms with van der Waals surface area (Å²) in [7, 11) is 0. The van der Waals surface area contributed by atoms with Crippen molar-refractivity contribution >= 4 is 50.3 Å². The maximum atomic E-state index is 12.8. The third-order valence-electron chi connectivity index (χ3n) is 3.98. The second-order valence-electron chi connectivity index (χ2n) is 5.78. The summed E-state index contributed by atoms with van der Waals surface area (Å²) < 4.78 is 1.02. The smallest absolute Gasteiger partial charge is 0.267 e. The molecular formula is C21H14BrN3OS. The van der Waals surface area contributed by atoms with Crippen molar-refractivity contribution in [3.8, 4) is 11.3 Å². The van der Waals surface area contributed by atoms with Crippen LogP contribution in [-0.4, -0.2) is 17.1 Å². The molecule has 0 aliphatic carbocycles. The first-order chi connectivity index (χ1) is 13.2. The van der Waals surface area contributed by atoms with Gasteiger partial charge < -0.3 is 0 Å². The van der Waals surface area contributed by atoms with Gasteiger partial charge in [-0.15, -0.1) is 11.3 Å². The lowest BCUT2D eigenvalue weighted by atomic mass is 10.0. The molecule has 0 spiro atoms. The van der Waals surface area contributed by atoms with Crippen LogP contribution in [0, 0.1) is 0 Å². The predicted octanol–water partition coefficient (Wildman–Crippen LogP) is 5.49. The Morgan fingerprint density at radius 2 is 1.81 bits per heavy atom. The summed E-state index contributed by atoms with van der Waals surface area (Å²) in [4.78, 5) is 18.4. The summed E-state index contributed by atoms with van der Waals surface area (Å²) in [6.07, 6.45) is 1.63. The van der Waals surface area contributed by atoms with Crippen molar-refractivity contribution in [3.63, 3.8) is 0 Å². The van der Waals surface area contributed by atoms with Gasteiger partial charge in [-0.1, -0.05) is 48.5 Å². The van der Waals surface area contributed by atoms with Crippen molar-refractivity contribution in [2.45, 2.75) is 0 Å². The van der Waals surface area contributed by atoms with Gasteiger partial charge in [0.1, 0.15) is 0 Å². The molecule has 4 aromatic rings. The van der Waals surface area contributed by atoms with E-state index in [-0.39, 0.29) is 5.91 Å². The first-order valence-corrected chi connectivity index (χ1v) is 9.85. The van der Waals surface area contributed by atoms with Gasteiger partial charge in [-0.3, -0.25) is 4.79 Å². The van der Waals surface area contributed by atoms with E-state index in [9.17, 15) is 4.79 Å². The third kappa shape index (κ3) is 3.97.